The van der Waals surface area contributed by atoms with Gasteiger partial charge in [0.05, 0.1) is 56.1 Å². The second kappa shape index (κ2) is 37.2. The van der Waals surface area contributed by atoms with Crippen LogP contribution in [0.5, 0.6) is 0 Å². The molecular weight excluding hydrogens is 1270 g/mol. The second-order valence-electron chi connectivity index (χ2n) is 23.4. The number of hydrogen-bond acceptors (Lipinski definition) is 20. The maximum Gasteiger partial charge on any atom is 0.364 e. The van der Waals surface area contributed by atoms with Gasteiger partial charge >= 0.3 is 5.97 Å². The van der Waals surface area contributed by atoms with E-state index in [1.54, 1.807) is 60.7 Å². The standard InChI is InChI=1S/C69H85N5O19S2/c1-43(76)73-59-54(79)38-68(42-75,92-63(59)61(84)56(81)40-71-65(86)51-25-21-49(22-26-51)47-12-5-3-6-13-47)90-30-10-34-95-35-29-70-58(83)37-46-19-17-45(18-20-46)36-53(78)16-9-32-94-33-11-31-91-69(67(88)89)39-55(80)60(74-44(2)77)64(93-69)62(85)57(82)41-72-66(87)52-27-23-50(24-28-52)48-14-7-4-8-15-48/h3-8,12-15,17-28,42,54-57,59-64,79-82,84-85H,9-11,16,29-41H2,1-2H3,(H,70,83)(H,71,86)(H,72,87)(H,73,76)(H,74,77)(H,88,89)/t54-,55-,56+,57+,59+,60+,61+,62+,63+,64+,68+,69+/m0/s1. The maximum atomic E-state index is 13.0. The summed E-state index contributed by atoms with van der Waals surface area (Å²) in [4.78, 5) is 101. The number of carboxylic acids is 1. The number of carboxylic acid groups (broad SMARTS) is 1. The average Bonchev–Trinajstić information content (AvgIpc) is 0.783. The van der Waals surface area contributed by atoms with Crippen LogP contribution in [0.25, 0.3) is 22.3 Å². The molecule has 24 nitrogen and oxygen atoms in total. The smallest absolute Gasteiger partial charge is 0.364 e. The average molecular weight is 1350 g/mol. The normalized spacial score (nSPS) is 22.2. The zero-order valence-electron chi connectivity index (χ0n) is 52.9. The van der Waals surface area contributed by atoms with Crippen LogP contribution in [0.3, 0.4) is 0 Å². The Bertz CT molecular complexity index is 3300. The first-order valence-corrected chi connectivity index (χ1v) is 33.8. The number of aliphatic hydroxyl groups is 6. The highest BCUT2D eigenvalue weighted by Crippen LogP contribution is 2.35. The summed E-state index contributed by atoms with van der Waals surface area (Å²) in [5, 5.41) is 90.3. The van der Waals surface area contributed by atoms with Gasteiger partial charge in [0, 0.05) is 76.0 Å². The molecule has 5 aromatic rings. The van der Waals surface area contributed by atoms with Crippen molar-refractivity contribution in [3.63, 3.8) is 0 Å². The Hall–Kier alpha value is -7.44. The Morgan fingerprint density at radius 1 is 0.558 bits per heavy atom. The molecule has 0 radical (unpaired) electrons. The minimum atomic E-state index is -2.46. The number of hydrogen-bond donors (Lipinski definition) is 12. The van der Waals surface area contributed by atoms with E-state index in [0.29, 0.717) is 67.1 Å². The van der Waals surface area contributed by atoms with Crippen molar-refractivity contribution in [2.75, 3.05) is 55.9 Å². The number of aliphatic hydroxyl groups excluding tert-OH is 6. The fraction of sp³-hybridized carbons (Fsp3) is 0.449. The summed E-state index contributed by atoms with van der Waals surface area (Å²) in [5.41, 5.74) is 5.84. The minimum absolute atomic E-state index is 0.000143. The predicted octanol–water partition coefficient (Wildman–Crippen LogP) is 3.14. The number of thioether (sulfide) groups is 2. The van der Waals surface area contributed by atoms with Gasteiger partial charge in [0.2, 0.25) is 23.5 Å². The van der Waals surface area contributed by atoms with E-state index in [1.165, 1.54) is 30.4 Å². The third-order valence-electron chi connectivity index (χ3n) is 16.0. The summed E-state index contributed by atoms with van der Waals surface area (Å²) in [5.74, 6) is -6.25. The van der Waals surface area contributed by atoms with Gasteiger partial charge < -0.3 is 81.3 Å². The maximum absolute atomic E-state index is 13.0. The molecule has 0 spiro atoms. The van der Waals surface area contributed by atoms with Crippen LogP contribution in [0.1, 0.15) is 84.2 Å². The summed E-state index contributed by atoms with van der Waals surface area (Å²) in [6, 6.07) is 37.3. The van der Waals surface area contributed by atoms with E-state index in [0.717, 1.165) is 40.3 Å². The van der Waals surface area contributed by atoms with Gasteiger partial charge in [0.15, 0.2) is 6.29 Å². The first kappa shape index (κ1) is 74.9. The molecule has 7 rings (SSSR count). The van der Waals surface area contributed by atoms with Crippen molar-refractivity contribution >= 4 is 71.1 Å². The Balaban J connectivity index is 0.745. The van der Waals surface area contributed by atoms with Crippen LogP contribution in [0.15, 0.2) is 133 Å². The monoisotopic (exact) mass is 1350 g/mol. The molecule has 2 fully saturated rings. The third-order valence-corrected chi connectivity index (χ3v) is 18.2. The van der Waals surface area contributed by atoms with E-state index in [1.807, 2.05) is 72.8 Å². The van der Waals surface area contributed by atoms with E-state index < -0.39 is 122 Å². The predicted molar refractivity (Wildman–Crippen MR) is 355 cm³/mol. The summed E-state index contributed by atoms with van der Waals surface area (Å²) in [7, 11) is 0. The van der Waals surface area contributed by atoms with Gasteiger partial charge in [0.1, 0.15) is 30.2 Å². The molecule has 95 heavy (non-hydrogen) atoms. The highest BCUT2D eigenvalue weighted by atomic mass is 32.2. The molecular formula is C69H85N5O19S2. The van der Waals surface area contributed by atoms with Gasteiger partial charge in [-0.15, -0.1) is 0 Å². The van der Waals surface area contributed by atoms with Gasteiger partial charge in [-0.3, -0.25) is 33.6 Å². The Morgan fingerprint density at radius 2 is 1.00 bits per heavy atom. The zero-order valence-corrected chi connectivity index (χ0v) is 54.6. The van der Waals surface area contributed by atoms with E-state index >= 15 is 0 Å². The first-order chi connectivity index (χ1) is 45.6. The van der Waals surface area contributed by atoms with E-state index in [4.69, 9.17) is 18.9 Å². The summed E-state index contributed by atoms with van der Waals surface area (Å²) in [6.07, 6.45) is -11.9. The lowest BCUT2D eigenvalue weighted by molar-refractivity contribution is -0.310. The van der Waals surface area contributed by atoms with Crippen LogP contribution >= 0.6 is 23.5 Å². The highest BCUT2D eigenvalue weighted by molar-refractivity contribution is 7.99. The van der Waals surface area contributed by atoms with Crippen molar-refractivity contribution < 1.29 is 93.0 Å². The zero-order chi connectivity index (χ0) is 68.5. The molecule has 2 aliphatic rings. The van der Waals surface area contributed by atoms with Crippen molar-refractivity contribution in [3.05, 3.63) is 156 Å². The van der Waals surface area contributed by atoms with Crippen LogP contribution < -0.4 is 26.6 Å². The van der Waals surface area contributed by atoms with Crippen molar-refractivity contribution in [2.24, 2.45) is 0 Å². The second-order valence-corrected chi connectivity index (χ2v) is 25.8. The highest BCUT2D eigenvalue weighted by Gasteiger charge is 2.56. The van der Waals surface area contributed by atoms with Crippen LogP contribution in [0.4, 0.5) is 0 Å². The molecule has 0 bridgehead atoms. The van der Waals surface area contributed by atoms with Gasteiger partial charge in [-0.05, 0) is 94.2 Å². The van der Waals surface area contributed by atoms with E-state index in [-0.39, 0.29) is 49.7 Å². The summed E-state index contributed by atoms with van der Waals surface area (Å²) < 4.78 is 23.5. The molecule has 2 heterocycles. The number of ether oxygens (including phenoxy) is 4. The molecule has 0 unspecified atom stereocenters. The number of carbonyl (C=O) groups excluding carboxylic acids is 7. The third kappa shape index (κ3) is 22.6. The number of nitrogens with one attached hydrogen (secondary N) is 5. The van der Waals surface area contributed by atoms with E-state index in [2.05, 4.69) is 26.6 Å². The number of Topliss-reactive ketones (excluding diaryl/α,β-unsaturated/α-hetero) is 1. The Morgan fingerprint density at radius 3 is 1.48 bits per heavy atom. The van der Waals surface area contributed by atoms with E-state index in [9.17, 15) is 74.1 Å². The van der Waals surface area contributed by atoms with Crippen molar-refractivity contribution in [2.45, 2.75) is 138 Å². The molecule has 12 atom stereocenters. The van der Waals surface area contributed by atoms with Gasteiger partial charge in [0.25, 0.3) is 17.6 Å². The molecule has 2 aliphatic heterocycles. The Labute approximate surface area is 559 Å². The Kier molecular flexibility index (Phi) is 29.3. The lowest BCUT2D eigenvalue weighted by Crippen LogP contribution is -2.68. The SMILES string of the molecule is CC(=O)N[C@H]1[C@H]([C@H](O)[C@H](O)CNC(=O)c2ccc(-c3ccccc3)cc2)O[C@](C=O)(OCCCSCCNC(=O)Cc2ccc(CC(=O)CCCSCCCO[C@]3(C(=O)O)C[C@H](O)[C@@H](NC(C)=O)[C@H]([C@H](O)[C@H](O)CNC(=O)c4ccc(-c5ccccc5)cc4)O3)cc2)C[C@@H]1O. The largest absolute Gasteiger partial charge is 0.477 e. The minimum Gasteiger partial charge on any atom is -0.477 e. The molecule has 5 amide bonds. The van der Waals surface area contributed by atoms with Crippen LogP contribution in [-0.2, 0) is 60.6 Å². The summed E-state index contributed by atoms with van der Waals surface area (Å²) >= 11 is 3.05. The van der Waals surface area contributed by atoms with Crippen molar-refractivity contribution in [1.82, 2.24) is 26.6 Å². The number of aliphatic carboxylic acids is 1. The lowest BCUT2D eigenvalue weighted by atomic mass is 9.88. The van der Waals surface area contributed by atoms with Crippen LogP contribution in [-0.4, -0.2) is 212 Å². The number of amides is 5. The molecule has 5 aromatic carbocycles. The lowest BCUT2D eigenvalue weighted by Gasteiger charge is -2.46. The van der Waals surface area contributed by atoms with Gasteiger partial charge in [-0.1, -0.05) is 109 Å². The summed E-state index contributed by atoms with van der Waals surface area (Å²) in [6.45, 7) is 1.67. The van der Waals surface area contributed by atoms with Crippen LogP contribution in [0.2, 0.25) is 0 Å². The number of rotatable bonds is 37. The fourth-order valence-corrected chi connectivity index (χ4v) is 12.6. The van der Waals surface area contributed by atoms with Gasteiger partial charge in [-0.2, -0.15) is 23.5 Å². The molecule has 2 saturated heterocycles. The van der Waals surface area contributed by atoms with Gasteiger partial charge in [-0.25, -0.2) is 4.79 Å². The molecule has 12 N–H and O–H groups in total. The van der Waals surface area contributed by atoms with Crippen molar-refractivity contribution in [1.29, 1.82) is 0 Å². The molecule has 512 valence electrons. The number of ketones is 1. The quantitative estimate of drug-likeness (QED) is 0.0201. The molecule has 0 saturated carbocycles. The fourth-order valence-electron chi connectivity index (χ4n) is 11.0. The first-order valence-electron chi connectivity index (χ1n) is 31.4. The topological polar surface area (TPSA) is 375 Å². The number of benzene rings is 5. The molecule has 0 aromatic heterocycles. The molecule has 0 aliphatic carbocycles. The van der Waals surface area contributed by atoms with Crippen molar-refractivity contribution in [3.8, 4) is 22.3 Å². The molecule has 26 heteroatoms. The van der Waals surface area contributed by atoms with Crippen LogP contribution in [0, 0.1) is 0 Å². The number of aldehydes is 1. The number of carbonyl (C=O) groups is 8.